The number of nitrogens with zero attached hydrogens (tertiary/aromatic N) is 1. The van der Waals surface area contributed by atoms with Gasteiger partial charge in [0.1, 0.15) is 0 Å². The second-order valence-electron chi connectivity index (χ2n) is 4.04. The highest BCUT2D eigenvalue weighted by molar-refractivity contribution is 5.25. The largest absolute Gasteiger partial charge is 0.472 e. The molecule has 0 saturated heterocycles. The summed E-state index contributed by atoms with van der Waals surface area (Å²) in [5, 5.41) is 3.26. The van der Waals surface area contributed by atoms with E-state index in [-0.39, 0.29) is 5.88 Å². The summed E-state index contributed by atoms with van der Waals surface area (Å²) in [7, 11) is 0. The molecular weight excluding hydrogens is 238 g/mol. The van der Waals surface area contributed by atoms with Crippen LogP contribution in [0.25, 0.3) is 0 Å². The summed E-state index contributed by atoms with van der Waals surface area (Å²) in [4.78, 5) is 4.17. The predicted octanol–water partition coefficient (Wildman–Crippen LogP) is 2.79. The van der Waals surface area contributed by atoms with Crippen molar-refractivity contribution in [2.45, 2.75) is 39.7 Å². The highest BCUT2D eigenvalue weighted by Crippen LogP contribution is 2.14. The molecule has 1 N–H and O–H groups in total. The minimum Gasteiger partial charge on any atom is -0.472 e. The SMILES string of the molecule is CCCNCc1cc(CC)nc(OCC(F)F)c1. The minimum absolute atomic E-state index is 0.281. The number of aromatic nitrogens is 1. The first-order chi connectivity index (χ1) is 8.65. The molecule has 0 aliphatic rings. The Morgan fingerprint density at radius 2 is 2.11 bits per heavy atom. The molecule has 0 amide bonds. The van der Waals surface area contributed by atoms with Gasteiger partial charge in [0.2, 0.25) is 5.88 Å². The fraction of sp³-hybridized carbons (Fsp3) is 0.615. The average molecular weight is 258 g/mol. The molecule has 1 aromatic rings. The Balaban J connectivity index is 2.67. The highest BCUT2D eigenvalue weighted by atomic mass is 19.3. The molecule has 18 heavy (non-hydrogen) atoms. The van der Waals surface area contributed by atoms with E-state index >= 15 is 0 Å². The highest BCUT2D eigenvalue weighted by Gasteiger charge is 2.07. The third-order valence-corrected chi connectivity index (χ3v) is 2.39. The Bertz CT molecular complexity index is 359. The fourth-order valence-corrected chi connectivity index (χ4v) is 1.54. The van der Waals surface area contributed by atoms with Crippen LogP contribution in [-0.4, -0.2) is 24.6 Å². The number of ether oxygens (including phenoxy) is 1. The molecule has 0 aliphatic carbocycles. The summed E-state index contributed by atoms with van der Waals surface area (Å²) >= 11 is 0. The van der Waals surface area contributed by atoms with Gasteiger partial charge in [-0.3, -0.25) is 0 Å². The molecule has 0 saturated carbocycles. The van der Waals surface area contributed by atoms with Crippen molar-refractivity contribution in [1.82, 2.24) is 10.3 Å². The quantitative estimate of drug-likeness (QED) is 0.728. The Labute approximate surface area is 107 Å². The molecule has 1 rings (SSSR count). The third-order valence-electron chi connectivity index (χ3n) is 2.39. The van der Waals surface area contributed by atoms with Crippen LogP contribution in [0, 0.1) is 0 Å². The van der Waals surface area contributed by atoms with Gasteiger partial charge in [0.25, 0.3) is 6.43 Å². The fourth-order valence-electron chi connectivity index (χ4n) is 1.54. The monoisotopic (exact) mass is 258 g/mol. The molecule has 0 bridgehead atoms. The number of halogens is 2. The zero-order chi connectivity index (χ0) is 13.4. The first-order valence-corrected chi connectivity index (χ1v) is 6.27. The number of nitrogens with one attached hydrogen (secondary N) is 1. The van der Waals surface area contributed by atoms with E-state index in [4.69, 9.17) is 4.74 Å². The van der Waals surface area contributed by atoms with Gasteiger partial charge in [-0.2, -0.15) is 0 Å². The maximum atomic E-state index is 12.1. The maximum Gasteiger partial charge on any atom is 0.272 e. The smallest absolute Gasteiger partial charge is 0.272 e. The van der Waals surface area contributed by atoms with E-state index in [1.807, 2.05) is 13.0 Å². The number of aryl methyl sites for hydroxylation is 1. The van der Waals surface area contributed by atoms with Crippen molar-refractivity contribution < 1.29 is 13.5 Å². The van der Waals surface area contributed by atoms with Crippen molar-refractivity contribution in [3.8, 4) is 5.88 Å². The molecule has 0 aliphatic heterocycles. The van der Waals surface area contributed by atoms with Crippen LogP contribution in [0.3, 0.4) is 0 Å². The second kappa shape index (κ2) is 7.97. The van der Waals surface area contributed by atoms with Crippen LogP contribution < -0.4 is 10.1 Å². The Morgan fingerprint density at radius 3 is 2.72 bits per heavy atom. The molecule has 102 valence electrons. The summed E-state index contributed by atoms with van der Waals surface area (Å²) in [6.07, 6.45) is -0.661. The predicted molar refractivity (Wildman–Crippen MR) is 67.1 cm³/mol. The molecule has 0 radical (unpaired) electrons. The van der Waals surface area contributed by atoms with Crippen LogP contribution in [0.4, 0.5) is 8.78 Å². The average Bonchev–Trinajstić information content (AvgIpc) is 2.36. The van der Waals surface area contributed by atoms with Gasteiger partial charge in [-0.05, 0) is 31.0 Å². The summed E-state index contributed by atoms with van der Waals surface area (Å²) in [6.45, 7) is 5.09. The van der Waals surface area contributed by atoms with Gasteiger partial charge in [0, 0.05) is 18.3 Å². The van der Waals surface area contributed by atoms with E-state index in [1.54, 1.807) is 6.07 Å². The van der Waals surface area contributed by atoms with E-state index in [9.17, 15) is 8.78 Å². The lowest BCUT2D eigenvalue weighted by Crippen LogP contribution is -2.15. The lowest BCUT2D eigenvalue weighted by atomic mass is 10.2. The molecule has 3 nitrogen and oxygen atoms in total. The standard InChI is InChI=1S/C13H20F2N2O/c1-3-5-16-8-10-6-11(4-2)17-13(7-10)18-9-12(14)15/h6-7,12,16H,3-5,8-9H2,1-2H3. The molecule has 0 atom stereocenters. The van der Waals surface area contributed by atoms with Crippen molar-refractivity contribution in [3.05, 3.63) is 23.4 Å². The van der Waals surface area contributed by atoms with Crippen molar-refractivity contribution in [2.75, 3.05) is 13.2 Å². The third kappa shape index (κ3) is 5.40. The molecule has 1 aromatic heterocycles. The lowest BCUT2D eigenvalue weighted by Gasteiger charge is -2.10. The molecule has 1 heterocycles. The number of pyridine rings is 1. The molecular formula is C13H20F2N2O. The van der Waals surface area contributed by atoms with Gasteiger partial charge in [-0.1, -0.05) is 13.8 Å². The van der Waals surface area contributed by atoms with E-state index in [0.717, 1.165) is 30.6 Å². The van der Waals surface area contributed by atoms with E-state index in [0.29, 0.717) is 6.54 Å². The van der Waals surface area contributed by atoms with E-state index < -0.39 is 13.0 Å². The Morgan fingerprint density at radius 1 is 1.33 bits per heavy atom. The number of rotatable bonds is 8. The summed E-state index contributed by atoms with van der Waals surface area (Å²) < 4.78 is 29.1. The van der Waals surface area contributed by atoms with E-state index in [2.05, 4.69) is 17.2 Å². The molecule has 0 spiro atoms. The number of alkyl halides is 2. The molecule has 0 aromatic carbocycles. The first-order valence-electron chi connectivity index (χ1n) is 6.27. The van der Waals surface area contributed by atoms with Crippen molar-refractivity contribution in [1.29, 1.82) is 0 Å². The van der Waals surface area contributed by atoms with Gasteiger partial charge in [0.05, 0.1) is 0 Å². The topological polar surface area (TPSA) is 34.2 Å². The minimum atomic E-state index is -2.47. The normalized spacial score (nSPS) is 10.9. The van der Waals surface area contributed by atoms with Gasteiger partial charge in [0.15, 0.2) is 6.61 Å². The number of hydrogen-bond donors (Lipinski definition) is 1. The second-order valence-corrected chi connectivity index (χ2v) is 4.04. The van der Waals surface area contributed by atoms with Crippen molar-refractivity contribution in [3.63, 3.8) is 0 Å². The summed E-state index contributed by atoms with van der Waals surface area (Å²) in [5.74, 6) is 0.281. The van der Waals surface area contributed by atoms with Crippen LogP contribution in [-0.2, 0) is 13.0 Å². The lowest BCUT2D eigenvalue weighted by molar-refractivity contribution is 0.0794. The maximum absolute atomic E-state index is 12.1. The Hall–Kier alpha value is -1.23. The van der Waals surface area contributed by atoms with Gasteiger partial charge < -0.3 is 10.1 Å². The van der Waals surface area contributed by atoms with Gasteiger partial charge in [-0.15, -0.1) is 0 Å². The van der Waals surface area contributed by atoms with Crippen LogP contribution in [0.2, 0.25) is 0 Å². The zero-order valence-electron chi connectivity index (χ0n) is 10.9. The summed E-state index contributed by atoms with van der Waals surface area (Å²) in [5.41, 5.74) is 1.87. The van der Waals surface area contributed by atoms with Crippen LogP contribution >= 0.6 is 0 Å². The molecule has 0 unspecified atom stereocenters. The van der Waals surface area contributed by atoms with Crippen LogP contribution in [0.15, 0.2) is 12.1 Å². The van der Waals surface area contributed by atoms with Gasteiger partial charge >= 0.3 is 0 Å². The Kier molecular flexibility index (Phi) is 6.57. The van der Waals surface area contributed by atoms with Crippen molar-refractivity contribution in [2.24, 2.45) is 0 Å². The van der Waals surface area contributed by atoms with Crippen molar-refractivity contribution >= 4 is 0 Å². The van der Waals surface area contributed by atoms with E-state index in [1.165, 1.54) is 0 Å². The summed E-state index contributed by atoms with van der Waals surface area (Å²) in [6, 6.07) is 3.68. The molecule has 0 fully saturated rings. The van der Waals surface area contributed by atoms with Gasteiger partial charge in [-0.25, -0.2) is 13.8 Å². The number of hydrogen-bond acceptors (Lipinski definition) is 3. The first kappa shape index (κ1) is 14.8. The zero-order valence-corrected chi connectivity index (χ0v) is 10.9. The molecule has 5 heteroatoms. The van der Waals surface area contributed by atoms with Crippen LogP contribution in [0.5, 0.6) is 5.88 Å². The van der Waals surface area contributed by atoms with Crippen LogP contribution in [0.1, 0.15) is 31.5 Å².